The van der Waals surface area contributed by atoms with Crippen LogP contribution in [0.25, 0.3) is 0 Å². The summed E-state index contributed by atoms with van der Waals surface area (Å²) < 4.78 is 0. The number of aliphatic hydroxyl groups is 1. The number of rotatable bonds is 6. The van der Waals surface area contributed by atoms with Crippen LogP contribution in [-0.4, -0.2) is 36.2 Å². The van der Waals surface area contributed by atoms with Crippen molar-refractivity contribution in [2.75, 3.05) is 13.1 Å². The van der Waals surface area contributed by atoms with Gasteiger partial charge in [-0.05, 0) is 38.3 Å². The third kappa shape index (κ3) is 5.95. The summed E-state index contributed by atoms with van der Waals surface area (Å²) in [4.78, 5) is 12.2. The summed E-state index contributed by atoms with van der Waals surface area (Å²) >= 11 is 0. The van der Waals surface area contributed by atoms with Gasteiger partial charge in [-0.2, -0.15) is 0 Å². The molecule has 4 nitrogen and oxygen atoms in total. The molecule has 1 aromatic carbocycles. The van der Waals surface area contributed by atoms with Crippen LogP contribution in [0.5, 0.6) is 0 Å². The number of carbonyl (C=O) groups excluding carboxylic acids is 1. The molecule has 0 aromatic heterocycles. The molecule has 3 atom stereocenters. The SMILES string of the molecule is CC(O)CC(CNC(=O)C1CCCCN1)c1ccccc1.Cl. The van der Waals surface area contributed by atoms with Crippen LogP contribution in [0.1, 0.15) is 44.1 Å². The number of piperidine rings is 1. The first-order valence-electron chi connectivity index (χ1n) is 7.91. The van der Waals surface area contributed by atoms with Crippen molar-refractivity contribution in [3.05, 3.63) is 35.9 Å². The first-order chi connectivity index (χ1) is 10.2. The minimum Gasteiger partial charge on any atom is -0.393 e. The molecular formula is C17H27ClN2O2. The second-order valence-electron chi connectivity index (χ2n) is 5.94. The van der Waals surface area contributed by atoms with E-state index in [0.29, 0.717) is 13.0 Å². The van der Waals surface area contributed by atoms with E-state index >= 15 is 0 Å². The summed E-state index contributed by atoms with van der Waals surface area (Å²) in [6.45, 7) is 3.29. The van der Waals surface area contributed by atoms with Crippen LogP contribution < -0.4 is 10.6 Å². The Balaban J connectivity index is 0.00000242. The second kappa shape index (κ2) is 9.82. The topological polar surface area (TPSA) is 61.4 Å². The zero-order valence-corrected chi connectivity index (χ0v) is 13.9. The van der Waals surface area contributed by atoms with E-state index in [1.54, 1.807) is 6.92 Å². The lowest BCUT2D eigenvalue weighted by Crippen LogP contribution is -2.47. The summed E-state index contributed by atoms with van der Waals surface area (Å²) in [5, 5.41) is 16.0. The zero-order chi connectivity index (χ0) is 15.1. The average Bonchev–Trinajstić information content (AvgIpc) is 2.52. The van der Waals surface area contributed by atoms with Crippen molar-refractivity contribution in [2.45, 2.75) is 50.7 Å². The standard InChI is InChI=1S/C17H26N2O2.ClH/c1-13(20)11-15(14-7-3-2-4-8-14)12-19-17(21)16-9-5-6-10-18-16;/h2-4,7-8,13,15-16,18,20H,5-6,9-12H2,1H3,(H,19,21);1H. The van der Waals surface area contributed by atoms with Gasteiger partial charge in [0.05, 0.1) is 12.1 Å². The normalized spacial score (nSPS) is 20.5. The Kier molecular flexibility index (Phi) is 8.46. The van der Waals surface area contributed by atoms with Crippen LogP contribution in [0.15, 0.2) is 30.3 Å². The van der Waals surface area contributed by atoms with Crippen molar-refractivity contribution in [1.82, 2.24) is 10.6 Å². The van der Waals surface area contributed by atoms with Gasteiger partial charge in [0.2, 0.25) is 5.91 Å². The molecule has 2 rings (SSSR count). The summed E-state index contributed by atoms with van der Waals surface area (Å²) in [7, 11) is 0. The van der Waals surface area contributed by atoms with Crippen LogP contribution in [0.3, 0.4) is 0 Å². The van der Waals surface area contributed by atoms with Crippen LogP contribution in [0, 0.1) is 0 Å². The smallest absolute Gasteiger partial charge is 0.237 e. The lowest BCUT2D eigenvalue weighted by atomic mass is 9.93. The molecule has 1 aliphatic heterocycles. The van der Waals surface area contributed by atoms with Crippen LogP contribution in [0.2, 0.25) is 0 Å². The molecule has 1 amide bonds. The van der Waals surface area contributed by atoms with Gasteiger partial charge in [-0.25, -0.2) is 0 Å². The van der Waals surface area contributed by atoms with E-state index in [0.717, 1.165) is 31.4 Å². The van der Waals surface area contributed by atoms with Crippen molar-refractivity contribution in [3.8, 4) is 0 Å². The molecular weight excluding hydrogens is 300 g/mol. The molecule has 22 heavy (non-hydrogen) atoms. The molecule has 124 valence electrons. The number of hydrogen-bond donors (Lipinski definition) is 3. The highest BCUT2D eigenvalue weighted by Gasteiger charge is 2.22. The van der Waals surface area contributed by atoms with Gasteiger partial charge in [0, 0.05) is 12.5 Å². The maximum atomic E-state index is 12.2. The van der Waals surface area contributed by atoms with Gasteiger partial charge < -0.3 is 15.7 Å². The maximum Gasteiger partial charge on any atom is 0.237 e. The van der Waals surface area contributed by atoms with Gasteiger partial charge in [0.15, 0.2) is 0 Å². The third-order valence-corrected chi connectivity index (χ3v) is 4.05. The summed E-state index contributed by atoms with van der Waals surface area (Å²) in [5.74, 6) is 0.236. The Hall–Kier alpha value is -1.10. The van der Waals surface area contributed by atoms with Crippen LogP contribution in [0.4, 0.5) is 0 Å². The molecule has 0 radical (unpaired) electrons. The fourth-order valence-corrected chi connectivity index (χ4v) is 2.90. The molecule has 0 spiro atoms. The van der Waals surface area contributed by atoms with Crippen molar-refractivity contribution < 1.29 is 9.90 Å². The Morgan fingerprint density at radius 2 is 2.09 bits per heavy atom. The highest BCUT2D eigenvalue weighted by molar-refractivity contribution is 5.85. The fourth-order valence-electron chi connectivity index (χ4n) is 2.90. The minimum absolute atomic E-state index is 0. The predicted octanol–water partition coefficient (Wildman–Crippen LogP) is 2.22. The number of carbonyl (C=O) groups is 1. The van der Waals surface area contributed by atoms with Crippen molar-refractivity contribution in [3.63, 3.8) is 0 Å². The van der Waals surface area contributed by atoms with Gasteiger partial charge in [-0.3, -0.25) is 4.79 Å². The number of benzene rings is 1. The minimum atomic E-state index is -0.375. The fraction of sp³-hybridized carbons (Fsp3) is 0.588. The number of hydrogen-bond acceptors (Lipinski definition) is 3. The van der Waals surface area contributed by atoms with E-state index in [2.05, 4.69) is 22.8 Å². The molecule has 0 bridgehead atoms. The summed E-state index contributed by atoms with van der Waals surface area (Å²) in [6.07, 6.45) is 3.46. The highest BCUT2D eigenvalue weighted by Crippen LogP contribution is 2.20. The molecule has 1 aromatic rings. The van der Waals surface area contributed by atoms with E-state index in [1.807, 2.05) is 18.2 Å². The Labute approximate surface area is 139 Å². The van der Waals surface area contributed by atoms with E-state index in [-0.39, 0.29) is 36.4 Å². The second-order valence-corrected chi connectivity index (χ2v) is 5.94. The lowest BCUT2D eigenvalue weighted by molar-refractivity contribution is -0.123. The molecule has 5 heteroatoms. The molecule has 1 fully saturated rings. The van der Waals surface area contributed by atoms with Gasteiger partial charge in [0.1, 0.15) is 0 Å². The maximum absolute atomic E-state index is 12.2. The third-order valence-electron chi connectivity index (χ3n) is 4.05. The van der Waals surface area contributed by atoms with E-state index in [1.165, 1.54) is 0 Å². The Morgan fingerprint density at radius 3 is 2.68 bits per heavy atom. The first-order valence-corrected chi connectivity index (χ1v) is 7.91. The molecule has 1 heterocycles. The molecule has 3 N–H and O–H groups in total. The summed E-state index contributed by atoms with van der Waals surface area (Å²) in [5.41, 5.74) is 1.16. The quantitative estimate of drug-likeness (QED) is 0.751. The molecule has 1 aliphatic rings. The number of halogens is 1. The molecule has 1 saturated heterocycles. The first kappa shape index (κ1) is 18.9. The van der Waals surface area contributed by atoms with Crippen LogP contribution in [-0.2, 0) is 4.79 Å². The Morgan fingerprint density at radius 1 is 1.36 bits per heavy atom. The van der Waals surface area contributed by atoms with Gasteiger partial charge >= 0.3 is 0 Å². The van der Waals surface area contributed by atoms with Gasteiger partial charge in [-0.15, -0.1) is 12.4 Å². The molecule has 0 saturated carbocycles. The van der Waals surface area contributed by atoms with Crippen LogP contribution >= 0.6 is 12.4 Å². The lowest BCUT2D eigenvalue weighted by Gasteiger charge is -2.25. The number of nitrogens with one attached hydrogen (secondary N) is 2. The largest absolute Gasteiger partial charge is 0.393 e. The number of amides is 1. The number of aliphatic hydroxyl groups excluding tert-OH is 1. The van der Waals surface area contributed by atoms with Gasteiger partial charge in [0.25, 0.3) is 0 Å². The van der Waals surface area contributed by atoms with Crippen molar-refractivity contribution >= 4 is 18.3 Å². The molecule has 3 unspecified atom stereocenters. The predicted molar refractivity (Wildman–Crippen MR) is 91.4 cm³/mol. The van der Waals surface area contributed by atoms with Gasteiger partial charge in [-0.1, -0.05) is 36.8 Å². The van der Waals surface area contributed by atoms with Crippen molar-refractivity contribution in [1.29, 1.82) is 0 Å². The Bertz CT molecular complexity index is 434. The highest BCUT2D eigenvalue weighted by atomic mass is 35.5. The molecule has 0 aliphatic carbocycles. The van der Waals surface area contributed by atoms with Crippen molar-refractivity contribution in [2.24, 2.45) is 0 Å². The monoisotopic (exact) mass is 326 g/mol. The van der Waals surface area contributed by atoms with E-state index in [9.17, 15) is 9.90 Å². The zero-order valence-electron chi connectivity index (χ0n) is 13.1. The summed E-state index contributed by atoms with van der Waals surface area (Å²) in [6, 6.07) is 10.0. The average molecular weight is 327 g/mol. The van der Waals surface area contributed by atoms with E-state index in [4.69, 9.17) is 0 Å². The van der Waals surface area contributed by atoms with E-state index < -0.39 is 0 Å².